The average molecular weight is 457 g/mol. The average Bonchev–Trinajstić information content (AvgIpc) is 2.75. The number of anilines is 1. The molecule has 2 heterocycles. The summed E-state index contributed by atoms with van der Waals surface area (Å²) in [7, 11) is 0. The number of aromatic nitrogens is 2. The van der Waals surface area contributed by atoms with Crippen molar-refractivity contribution < 1.29 is 22.4 Å². The topological polar surface area (TPSA) is 54.9 Å². The van der Waals surface area contributed by atoms with E-state index in [0.29, 0.717) is 22.6 Å². The Morgan fingerprint density at radius 1 is 1.00 bits per heavy atom. The number of carbonyl (C=O) groups is 1. The highest BCUT2D eigenvalue weighted by Gasteiger charge is 2.37. The highest BCUT2D eigenvalue weighted by Crippen LogP contribution is 2.44. The summed E-state index contributed by atoms with van der Waals surface area (Å²) in [4.78, 5) is 21.8. The number of rotatable bonds is 4. The van der Waals surface area contributed by atoms with Crippen LogP contribution in [0.1, 0.15) is 59.0 Å². The van der Waals surface area contributed by atoms with Crippen LogP contribution in [0.2, 0.25) is 0 Å². The molecule has 0 aliphatic heterocycles. The van der Waals surface area contributed by atoms with Crippen LogP contribution < -0.4 is 5.32 Å². The number of halogens is 4. The summed E-state index contributed by atoms with van der Waals surface area (Å²) in [6.45, 7) is 3.52. The monoisotopic (exact) mass is 457 g/mol. The molecule has 4 rings (SSSR count). The SMILES string of the molecule is Cc1cc(C(=O)Nc2c(-c3cc(F)ccc3F)ccnc2C2CCC(F)(F)CC2)cc(C)n1. The maximum Gasteiger partial charge on any atom is 0.255 e. The number of hydrogen-bond donors (Lipinski definition) is 1. The van der Waals surface area contributed by atoms with Crippen LogP contribution in [-0.2, 0) is 0 Å². The summed E-state index contributed by atoms with van der Waals surface area (Å²) in [5, 5.41) is 2.81. The third kappa shape index (κ3) is 5.05. The molecule has 33 heavy (non-hydrogen) atoms. The molecule has 0 atom stereocenters. The number of alkyl halides is 2. The molecule has 3 aromatic rings. The van der Waals surface area contributed by atoms with Gasteiger partial charge in [-0.2, -0.15) is 0 Å². The first-order chi connectivity index (χ1) is 15.6. The standard InChI is InChI=1S/C25H23F4N3O/c1-14-11-17(12-15(2)31-14)24(33)32-23-19(20-13-18(26)3-4-21(20)27)7-10-30-22(23)16-5-8-25(28,29)9-6-16/h3-4,7,10-13,16H,5-6,8-9H2,1-2H3,(H,32,33). The Morgan fingerprint density at radius 3 is 2.33 bits per heavy atom. The van der Waals surface area contributed by atoms with Gasteiger partial charge in [-0.1, -0.05) is 0 Å². The Kier molecular flexibility index (Phi) is 6.19. The fourth-order valence-corrected chi connectivity index (χ4v) is 4.31. The van der Waals surface area contributed by atoms with E-state index >= 15 is 0 Å². The van der Waals surface area contributed by atoms with Gasteiger partial charge in [-0.05, 0) is 63.1 Å². The summed E-state index contributed by atoms with van der Waals surface area (Å²) in [6, 6.07) is 7.76. The van der Waals surface area contributed by atoms with E-state index in [2.05, 4.69) is 15.3 Å². The first-order valence-corrected chi connectivity index (χ1v) is 10.7. The molecule has 1 N–H and O–H groups in total. The molecule has 1 saturated carbocycles. The van der Waals surface area contributed by atoms with Crippen molar-refractivity contribution in [1.29, 1.82) is 0 Å². The maximum atomic E-state index is 14.7. The smallest absolute Gasteiger partial charge is 0.255 e. The van der Waals surface area contributed by atoms with Crippen LogP contribution in [0.5, 0.6) is 0 Å². The van der Waals surface area contributed by atoms with Gasteiger partial charge in [0.15, 0.2) is 0 Å². The lowest BCUT2D eigenvalue weighted by molar-refractivity contribution is -0.0384. The van der Waals surface area contributed by atoms with E-state index in [4.69, 9.17) is 0 Å². The van der Waals surface area contributed by atoms with Gasteiger partial charge in [-0.15, -0.1) is 0 Å². The second-order valence-corrected chi connectivity index (χ2v) is 8.47. The molecule has 172 valence electrons. The Hall–Kier alpha value is -3.29. The van der Waals surface area contributed by atoms with E-state index in [0.717, 1.165) is 18.2 Å². The van der Waals surface area contributed by atoms with E-state index in [1.165, 1.54) is 12.3 Å². The maximum absolute atomic E-state index is 14.7. The van der Waals surface area contributed by atoms with Crippen molar-refractivity contribution in [3.05, 3.63) is 76.9 Å². The molecule has 0 saturated heterocycles. The number of nitrogens with zero attached hydrogens (tertiary/aromatic N) is 2. The molecule has 0 bridgehead atoms. The van der Waals surface area contributed by atoms with Gasteiger partial charge in [0.1, 0.15) is 11.6 Å². The predicted octanol–water partition coefficient (Wildman–Crippen LogP) is 6.58. The Bertz CT molecular complexity index is 1180. The molecular weight excluding hydrogens is 434 g/mol. The predicted molar refractivity (Wildman–Crippen MR) is 117 cm³/mol. The van der Waals surface area contributed by atoms with E-state index in [-0.39, 0.29) is 48.4 Å². The Labute approximate surface area is 189 Å². The minimum atomic E-state index is -2.74. The number of pyridine rings is 2. The van der Waals surface area contributed by atoms with Crippen LogP contribution in [0.15, 0.2) is 42.6 Å². The van der Waals surface area contributed by atoms with Crippen molar-refractivity contribution in [2.45, 2.75) is 51.4 Å². The van der Waals surface area contributed by atoms with E-state index < -0.39 is 23.5 Å². The summed E-state index contributed by atoms with van der Waals surface area (Å²) in [5.74, 6) is -4.87. The van der Waals surface area contributed by atoms with Gasteiger partial charge in [0.25, 0.3) is 5.91 Å². The highest BCUT2D eigenvalue weighted by molar-refractivity contribution is 6.07. The second-order valence-electron chi connectivity index (χ2n) is 8.47. The second kappa shape index (κ2) is 8.92. The Morgan fingerprint density at radius 2 is 1.67 bits per heavy atom. The summed E-state index contributed by atoms with van der Waals surface area (Å²) in [5.41, 5.74) is 2.43. The van der Waals surface area contributed by atoms with Crippen LogP contribution in [0.3, 0.4) is 0 Å². The molecule has 0 spiro atoms. The van der Waals surface area contributed by atoms with Crippen LogP contribution >= 0.6 is 0 Å². The van der Waals surface area contributed by atoms with Gasteiger partial charge >= 0.3 is 0 Å². The first-order valence-electron chi connectivity index (χ1n) is 10.7. The van der Waals surface area contributed by atoms with Crippen molar-refractivity contribution in [2.75, 3.05) is 5.32 Å². The zero-order valence-corrected chi connectivity index (χ0v) is 18.3. The van der Waals surface area contributed by atoms with Gasteiger partial charge in [-0.3, -0.25) is 14.8 Å². The minimum Gasteiger partial charge on any atom is -0.320 e. The van der Waals surface area contributed by atoms with Gasteiger partial charge in [-0.25, -0.2) is 17.6 Å². The normalized spacial score (nSPS) is 15.9. The number of amides is 1. The number of carbonyl (C=O) groups excluding carboxylic acids is 1. The zero-order valence-electron chi connectivity index (χ0n) is 18.3. The van der Waals surface area contributed by atoms with Crippen molar-refractivity contribution in [1.82, 2.24) is 9.97 Å². The van der Waals surface area contributed by atoms with Crippen LogP contribution in [0.25, 0.3) is 11.1 Å². The molecule has 2 aromatic heterocycles. The van der Waals surface area contributed by atoms with Crippen LogP contribution in [0, 0.1) is 25.5 Å². The first kappa shape index (κ1) is 22.9. The summed E-state index contributed by atoms with van der Waals surface area (Å²) < 4.78 is 56.1. The van der Waals surface area contributed by atoms with Crippen molar-refractivity contribution >= 4 is 11.6 Å². The lowest BCUT2D eigenvalue weighted by atomic mass is 9.83. The molecule has 1 amide bonds. The lowest BCUT2D eigenvalue weighted by Gasteiger charge is -2.29. The largest absolute Gasteiger partial charge is 0.320 e. The van der Waals surface area contributed by atoms with Crippen LogP contribution in [-0.4, -0.2) is 21.8 Å². The minimum absolute atomic E-state index is 0.0443. The third-order valence-electron chi connectivity index (χ3n) is 5.88. The molecule has 1 aliphatic rings. The number of nitrogens with one attached hydrogen (secondary N) is 1. The number of benzene rings is 1. The molecule has 4 nitrogen and oxygen atoms in total. The number of aryl methyl sites for hydroxylation is 2. The van der Waals surface area contributed by atoms with Crippen molar-refractivity contribution in [3.63, 3.8) is 0 Å². The van der Waals surface area contributed by atoms with Gasteiger partial charge in [0, 0.05) is 53.0 Å². The lowest BCUT2D eigenvalue weighted by Crippen LogP contribution is -2.25. The summed E-state index contributed by atoms with van der Waals surface area (Å²) >= 11 is 0. The zero-order chi connectivity index (χ0) is 23.8. The van der Waals surface area contributed by atoms with E-state index in [1.54, 1.807) is 26.0 Å². The molecule has 8 heteroatoms. The summed E-state index contributed by atoms with van der Waals surface area (Å²) in [6.07, 6.45) is 1.18. The van der Waals surface area contributed by atoms with Gasteiger partial charge < -0.3 is 5.32 Å². The molecule has 1 aliphatic carbocycles. The molecular formula is C25H23F4N3O. The molecule has 1 aromatic carbocycles. The molecule has 1 fully saturated rings. The van der Waals surface area contributed by atoms with E-state index in [1.807, 2.05) is 0 Å². The van der Waals surface area contributed by atoms with E-state index in [9.17, 15) is 22.4 Å². The fourth-order valence-electron chi connectivity index (χ4n) is 4.31. The third-order valence-corrected chi connectivity index (χ3v) is 5.88. The fraction of sp³-hybridized carbons (Fsp3) is 0.320. The van der Waals surface area contributed by atoms with Crippen molar-refractivity contribution in [2.24, 2.45) is 0 Å². The van der Waals surface area contributed by atoms with Crippen LogP contribution in [0.4, 0.5) is 23.2 Å². The highest BCUT2D eigenvalue weighted by atomic mass is 19.3. The van der Waals surface area contributed by atoms with Crippen molar-refractivity contribution in [3.8, 4) is 11.1 Å². The number of hydrogen-bond acceptors (Lipinski definition) is 3. The molecule has 0 radical (unpaired) electrons. The quantitative estimate of drug-likeness (QED) is 0.450. The molecule has 0 unspecified atom stereocenters. The van der Waals surface area contributed by atoms with Gasteiger partial charge in [0.2, 0.25) is 5.92 Å². The van der Waals surface area contributed by atoms with Gasteiger partial charge in [0.05, 0.1) is 11.4 Å². The Balaban J connectivity index is 1.81.